The normalized spacial score (nSPS) is 21.8. The van der Waals surface area contributed by atoms with Crippen LogP contribution in [-0.4, -0.2) is 94.9 Å². The minimum Gasteiger partial charge on any atom is -0.489 e. The maximum atomic E-state index is 15.4. The summed E-state index contributed by atoms with van der Waals surface area (Å²) in [5.74, 6) is -5.38. The van der Waals surface area contributed by atoms with Gasteiger partial charge in [0.15, 0.2) is 11.6 Å². The molecule has 8 rings (SSSR count). The Hall–Kier alpha value is -7.95. The molecule has 4 amide bonds. The smallest absolute Gasteiger partial charge is 0.306 e. The molecule has 2 aliphatic rings. The van der Waals surface area contributed by atoms with Crippen LogP contribution in [0, 0.1) is 11.8 Å². The van der Waals surface area contributed by atoms with Crippen LogP contribution in [0.4, 0.5) is 0 Å². The van der Waals surface area contributed by atoms with E-state index in [9.17, 15) is 14.4 Å². The fourth-order valence-corrected chi connectivity index (χ4v) is 10.3. The minimum atomic E-state index is -1.28. The van der Waals surface area contributed by atoms with Crippen LogP contribution >= 0.6 is 0 Å². The third-order valence-corrected chi connectivity index (χ3v) is 14.5. The molecule has 8 N–H and O–H groups in total. The maximum absolute atomic E-state index is 15.4. The van der Waals surface area contributed by atoms with Crippen molar-refractivity contribution < 1.29 is 43.0 Å². The van der Waals surface area contributed by atoms with Crippen molar-refractivity contribution in [2.24, 2.45) is 23.3 Å². The van der Waals surface area contributed by atoms with Crippen LogP contribution in [0.25, 0.3) is 10.9 Å². The molecule has 7 atom stereocenters. The van der Waals surface area contributed by atoms with Gasteiger partial charge in [-0.05, 0) is 97.6 Å². The van der Waals surface area contributed by atoms with Crippen molar-refractivity contribution >= 4 is 52.1 Å². The van der Waals surface area contributed by atoms with Gasteiger partial charge in [-0.15, -0.1) is 0 Å². The van der Waals surface area contributed by atoms with Gasteiger partial charge >= 0.3 is 5.97 Å². The van der Waals surface area contributed by atoms with Gasteiger partial charge in [-0.25, -0.2) is 0 Å². The number of aromatic amines is 1. The average Bonchev–Trinajstić information content (AvgIpc) is 4.08. The van der Waals surface area contributed by atoms with Crippen molar-refractivity contribution in [1.82, 2.24) is 25.8 Å². The Morgan fingerprint density at radius 1 is 0.597 bits per heavy atom. The molecule has 5 aromatic carbocycles. The summed E-state index contributed by atoms with van der Waals surface area (Å²) in [6.07, 6.45) is 1.93. The Morgan fingerprint density at radius 2 is 1.21 bits per heavy atom. The molecule has 0 radical (unpaired) electrons. The molecule has 16 heteroatoms. The summed E-state index contributed by atoms with van der Waals surface area (Å²) < 4.78 is 11.9. The lowest BCUT2D eigenvalue weighted by Gasteiger charge is -2.31. The maximum Gasteiger partial charge on any atom is 0.306 e. The SMILES string of the molecule is NCCCC[C@@H]1NC(=O)[C@@H](Cc2c[nH]c3ccccc23)CC(=O)[C@H](c2ccccc2)NC(=O)C2C[C@@H](OC(=O)CCCN)CN2C(=O)[C@H](Cc2ccccc2)NC(=O)[C@H](Cc2ccc(OCc3ccccc3)cc2)CC1=O. The van der Waals surface area contributed by atoms with E-state index in [1.54, 1.807) is 48.7 Å². The molecule has 0 bridgehead atoms. The number of amides is 4. The van der Waals surface area contributed by atoms with E-state index >= 15 is 19.2 Å². The minimum absolute atomic E-state index is 0.00599. The highest BCUT2D eigenvalue weighted by atomic mass is 16.5. The zero-order valence-electron chi connectivity index (χ0n) is 43.3. The first-order chi connectivity index (χ1) is 37.5. The van der Waals surface area contributed by atoms with E-state index in [1.807, 2.05) is 97.1 Å². The van der Waals surface area contributed by atoms with Crippen LogP contribution in [0.3, 0.4) is 0 Å². The summed E-state index contributed by atoms with van der Waals surface area (Å²) >= 11 is 0. The first-order valence-corrected chi connectivity index (χ1v) is 26.7. The van der Waals surface area contributed by atoms with E-state index in [0.717, 1.165) is 22.0 Å². The number of ketones is 2. The number of carbonyl (C=O) groups excluding carboxylic acids is 7. The Kier molecular flexibility index (Phi) is 19.5. The molecule has 16 nitrogen and oxygen atoms in total. The lowest BCUT2D eigenvalue weighted by Crippen LogP contribution is -2.56. The second-order valence-corrected chi connectivity index (χ2v) is 20.1. The van der Waals surface area contributed by atoms with E-state index in [2.05, 4.69) is 20.9 Å². The van der Waals surface area contributed by atoms with Crippen LogP contribution in [0.1, 0.15) is 85.2 Å². The molecule has 0 saturated carbocycles. The Morgan fingerprint density at radius 3 is 1.91 bits per heavy atom. The van der Waals surface area contributed by atoms with Crippen molar-refractivity contribution in [2.75, 3.05) is 19.6 Å². The van der Waals surface area contributed by atoms with Gasteiger partial charge in [0, 0.05) is 61.0 Å². The second-order valence-electron chi connectivity index (χ2n) is 20.1. The number of aromatic nitrogens is 1. The quantitative estimate of drug-likeness (QED) is 0.0421. The van der Waals surface area contributed by atoms with Gasteiger partial charge < -0.3 is 46.8 Å². The van der Waals surface area contributed by atoms with Gasteiger partial charge in [0.25, 0.3) is 0 Å². The molecule has 2 fully saturated rings. The Bertz CT molecular complexity index is 2950. The third-order valence-electron chi connectivity index (χ3n) is 14.5. The summed E-state index contributed by atoms with van der Waals surface area (Å²) in [4.78, 5) is 108. The van der Waals surface area contributed by atoms with E-state index in [1.165, 1.54) is 4.90 Å². The number of nitrogens with one attached hydrogen (secondary N) is 4. The number of ether oxygens (including phenoxy) is 2. The van der Waals surface area contributed by atoms with Gasteiger partial charge in [0.1, 0.15) is 36.6 Å². The number of nitrogens with two attached hydrogens (primary N) is 2. The van der Waals surface area contributed by atoms with Gasteiger partial charge in [0.05, 0.1) is 12.6 Å². The Labute approximate surface area is 449 Å². The zero-order chi connectivity index (χ0) is 54.1. The summed E-state index contributed by atoms with van der Waals surface area (Å²) in [7, 11) is 0. The van der Waals surface area contributed by atoms with Crippen LogP contribution in [0.2, 0.25) is 0 Å². The van der Waals surface area contributed by atoms with E-state index < -0.39 is 83.3 Å². The van der Waals surface area contributed by atoms with Crippen LogP contribution in [0.15, 0.2) is 146 Å². The molecule has 2 saturated heterocycles. The number of para-hydroxylation sites is 1. The average molecular weight is 1040 g/mol. The van der Waals surface area contributed by atoms with Crippen molar-refractivity contribution in [2.45, 2.75) is 108 Å². The molecule has 77 heavy (non-hydrogen) atoms. The van der Waals surface area contributed by atoms with Gasteiger partial charge in [0.2, 0.25) is 23.6 Å². The van der Waals surface area contributed by atoms with Crippen molar-refractivity contribution in [3.63, 3.8) is 0 Å². The highest BCUT2D eigenvalue weighted by Gasteiger charge is 2.45. The summed E-state index contributed by atoms with van der Waals surface area (Å²) in [6.45, 7) is 0.760. The summed E-state index contributed by atoms with van der Waals surface area (Å²) in [5, 5.41) is 9.85. The van der Waals surface area contributed by atoms with Gasteiger partial charge in [-0.2, -0.15) is 0 Å². The monoisotopic (exact) mass is 1040 g/mol. The molecular weight excluding hydrogens is 975 g/mol. The van der Waals surface area contributed by atoms with E-state index in [4.69, 9.17) is 20.9 Å². The number of unbranched alkanes of at least 4 members (excludes halogenated alkanes) is 1. The molecule has 0 spiro atoms. The number of H-pyrrole nitrogens is 1. The highest BCUT2D eigenvalue weighted by Crippen LogP contribution is 2.29. The number of Topliss-reactive ketones (excluding diaryl/α,β-unsaturated/α-hetero) is 2. The third kappa shape index (κ3) is 15.1. The fraction of sp³-hybridized carbons (Fsp3) is 0.361. The molecule has 2 aliphatic heterocycles. The number of hydrogen-bond donors (Lipinski definition) is 6. The van der Waals surface area contributed by atoms with Crippen LogP contribution in [0.5, 0.6) is 5.75 Å². The summed E-state index contributed by atoms with van der Waals surface area (Å²) in [5.41, 5.74) is 16.1. The van der Waals surface area contributed by atoms with Crippen LogP contribution in [-0.2, 0) is 64.2 Å². The highest BCUT2D eigenvalue weighted by molar-refractivity contribution is 5.99. The van der Waals surface area contributed by atoms with Gasteiger partial charge in [-0.3, -0.25) is 33.6 Å². The van der Waals surface area contributed by atoms with Crippen molar-refractivity contribution in [3.05, 3.63) is 174 Å². The number of carbonyl (C=O) groups is 7. The van der Waals surface area contributed by atoms with E-state index in [-0.39, 0.29) is 64.5 Å². The zero-order valence-corrected chi connectivity index (χ0v) is 43.3. The molecule has 1 aromatic heterocycles. The number of benzene rings is 5. The lowest BCUT2D eigenvalue weighted by molar-refractivity contribution is -0.149. The molecule has 3 heterocycles. The summed E-state index contributed by atoms with van der Waals surface area (Å²) in [6, 6.07) is 37.4. The predicted octanol–water partition coefficient (Wildman–Crippen LogP) is 6.15. The number of rotatable bonds is 18. The molecule has 6 aromatic rings. The Balaban J connectivity index is 1.19. The fourth-order valence-electron chi connectivity index (χ4n) is 10.3. The van der Waals surface area contributed by atoms with E-state index in [0.29, 0.717) is 54.9 Å². The second kappa shape index (κ2) is 27.2. The number of esters is 1. The number of hydrogen-bond acceptors (Lipinski definition) is 11. The number of fused-ring (bicyclic) bond motifs is 2. The van der Waals surface area contributed by atoms with Gasteiger partial charge in [-0.1, -0.05) is 121 Å². The first kappa shape index (κ1) is 55.3. The topological polar surface area (TPSA) is 245 Å². The van der Waals surface area contributed by atoms with Crippen molar-refractivity contribution in [1.29, 1.82) is 0 Å². The number of nitrogens with zero attached hydrogens (tertiary/aromatic N) is 1. The first-order valence-electron chi connectivity index (χ1n) is 26.7. The molecule has 1 unspecified atom stereocenters. The lowest BCUT2D eigenvalue weighted by atomic mass is 9.87. The standard InChI is InChI=1S/C61H69N7O9/c62-29-13-12-23-51-54(69)34-44(31-41-25-27-47(28-26-41)76-39-42-17-6-2-7-18-42)58(72)66-52(32-40-15-4-1-5-16-40)61(75)68-38-48(77-56(71)24-14-30-63)36-53(68)60(74)67-57(43-19-8-3-9-20-43)55(70)35-45(59(73)65-51)33-46-37-64-50-22-11-10-21-49(46)50/h1-11,15-22,25-28,37,44-45,48,51-53,57,64H,12-14,23-24,29-36,38-39,62-63H2,(H,65,73)(H,66,72)(H,67,74)/t44-,45+,48-,51+,52+,53?,57+/m1/s1. The molecule has 402 valence electrons. The molecular formula is C61H69N7O9. The van der Waals surface area contributed by atoms with Crippen LogP contribution < -0.4 is 32.2 Å². The van der Waals surface area contributed by atoms with Crippen molar-refractivity contribution in [3.8, 4) is 5.75 Å². The largest absolute Gasteiger partial charge is 0.489 e. The molecule has 0 aliphatic carbocycles. The predicted molar refractivity (Wildman–Crippen MR) is 292 cm³/mol.